The third-order valence-electron chi connectivity index (χ3n) is 4.52. The first-order valence-corrected chi connectivity index (χ1v) is 9.71. The van der Waals surface area contributed by atoms with E-state index in [-0.39, 0.29) is 23.8 Å². The molecule has 0 saturated heterocycles. The van der Waals surface area contributed by atoms with Crippen molar-refractivity contribution in [1.29, 1.82) is 0 Å². The first kappa shape index (κ1) is 21.2. The van der Waals surface area contributed by atoms with Crippen molar-refractivity contribution in [2.45, 2.75) is 39.2 Å². The van der Waals surface area contributed by atoms with Crippen LogP contribution < -0.4 is 5.32 Å². The maximum Gasteiger partial charge on any atom is 0.326 e. The Hall–Kier alpha value is -3.48. The van der Waals surface area contributed by atoms with Crippen LogP contribution in [0.5, 0.6) is 0 Å². The lowest BCUT2D eigenvalue weighted by Gasteiger charge is -2.19. The number of ether oxygens (including phenoxy) is 1. The Morgan fingerprint density at radius 1 is 1.03 bits per heavy atom. The fraction of sp³-hybridized carbons (Fsp3) is 0.304. The molecule has 1 N–H and O–H groups in total. The number of hydrogen-bond donors (Lipinski definition) is 1. The van der Waals surface area contributed by atoms with Crippen molar-refractivity contribution in [1.82, 2.24) is 15.5 Å². The van der Waals surface area contributed by atoms with Crippen molar-refractivity contribution in [3.8, 4) is 11.5 Å². The van der Waals surface area contributed by atoms with Gasteiger partial charge in [0.15, 0.2) is 6.10 Å². The van der Waals surface area contributed by atoms with Gasteiger partial charge in [0.25, 0.3) is 11.8 Å². The molecular weight excluding hydrogens is 382 g/mol. The average Bonchev–Trinajstić information content (AvgIpc) is 3.22. The molecule has 0 radical (unpaired) electrons. The summed E-state index contributed by atoms with van der Waals surface area (Å²) in [6.07, 6.45) is -0.731. The second-order valence-electron chi connectivity index (χ2n) is 7.95. The molecule has 1 heterocycles. The molecule has 0 spiro atoms. The van der Waals surface area contributed by atoms with Gasteiger partial charge in [0.05, 0.1) is 0 Å². The van der Waals surface area contributed by atoms with Crippen LogP contribution in [0.25, 0.3) is 11.5 Å². The number of amides is 1. The molecule has 0 aliphatic carbocycles. The summed E-state index contributed by atoms with van der Waals surface area (Å²) in [7, 11) is 0. The zero-order valence-corrected chi connectivity index (χ0v) is 17.5. The van der Waals surface area contributed by atoms with Gasteiger partial charge in [-0.2, -0.15) is 0 Å². The maximum atomic E-state index is 12.3. The molecule has 0 aliphatic heterocycles. The van der Waals surface area contributed by atoms with Gasteiger partial charge in [-0.15, -0.1) is 10.2 Å². The fourth-order valence-electron chi connectivity index (χ4n) is 2.76. The largest absolute Gasteiger partial charge is 0.451 e. The number of esters is 1. The summed E-state index contributed by atoms with van der Waals surface area (Å²) in [6, 6.07) is 16.6. The van der Waals surface area contributed by atoms with E-state index in [0.29, 0.717) is 11.5 Å². The van der Waals surface area contributed by atoms with Crippen molar-refractivity contribution in [2.75, 3.05) is 6.54 Å². The molecule has 30 heavy (non-hydrogen) atoms. The highest BCUT2D eigenvalue weighted by Crippen LogP contribution is 2.23. The lowest BCUT2D eigenvalue weighted by Crippen LogP contribution is -2.31. The normalized spacial score (nSPS) is 12.3. The number of carbonyl (C=O) groups excluding carboxylic acids is 2. The second kappa shape index (κ2) is 8.90. The number of rotatable bonds is 6. The van der Waals surface area contributed by atoms with E-state index in [0.717, 1.165) is 11.1 Å². The molecule has 7 heteroatoms. The van der Waals surface area contributed by atoms with Crippen molar-refractivity contribution < 1.29 is 18.7 Å². The van der Waals surface area contributed by atoms with Crippen LogP contribution in [-0.2, 0) is 14.9 Å². The molecule has 7 nitrogen and oxygen atoms in total. The third-order valence-corrected chi connectivity index (χ3v) is 4.52. The predicted molar refractivity (Wildman–Crippen MR) is 112 cm³/mol. The van der Waals surface area contributed by atoms with Crippen molar-refractivity contribution in [3.63, 3.8) is 0 Å². The average molecular weight is 407 g/mol. The highest BCUT2D eigenvalue weighted by Gasteiger charge is 2.20. The minimum atomic E-state index is -0.731. The monoisotopic (exact) mass is 407 g/mol. The Bertz CT molecular complexity index is 1000. The summed E-state index contributed by atoms with van der Waals surface area (Å²) in [6.45, 7) is 7.68. The number of benzene rings is 2. The van der Waals surface area contributed by atoms with Crippen LogP contribution >= 0.6 is 0 Å². The lowest BCUT2D eigenvalue weighted by molar-refractivity contribution is -0.148. The number of aromatic nitrogens is 2. The standard InChI is InChI=1S/C23H25N3O4/c1-15(21-25-26-22(30-21)17-8-6-5-7-9-17)29-19(27)14-24-20(28)16-10-12-18(13-11-16)23(2,3)4/h5-13,15H,14H2,1-4H3,(H,24,28)/t15-/m1/s1. The molecule has 1 amide bonds. The van der Waals surface area contributed by atoms with Gasteiger partial charge < -0.3 is 14.5 Å². The highest BCUT2D eigenvalue weighted by molar-refractivity contribution is 5.95. The zero-order chi connectivity index (χ0) is 21.7. The SMILES string of the molecule is C[C@@H](OC(=O)CNC(=O)c1ccc(C(C)(C)C)cc1)c1nnc(-c2ccccc2)o1. The molecule has 0 fully saturated rings. The van der Waals surface area contributed by atoms with Gasteiger partial charge in [0.1, 0.15) is 6.54 Å². The minimum absolute atomic E-state index is 0.00404. The molecule has 1 aromatic heterocycles. The smallest absolute Gasteiger partial charge is 0.326 e. The molecule has 3 rings (SSSR count). The van der Waals surface area contributed by atoms with Crippen LogP contribution in [0.2, 0.25) is 0 Å². The Labute approximate surface area is 175 Å². The summed E-state index contributed by atoms with van der Waals surface area (Å²) < 4.78 is 10.9. The Kier molecular flexibility index (Phi) is 6.30. The first-order chi connectivity index (χ1) is 14.2. The first-order valence-electron chi connectivity index (χ1n) is 9.71. The third kappa shape index (κ3) is 5.31. The fourth-order valence-corrected chi connectivity index (χ4v) is 2.76. The molecule has 0 saturated carbocycles. The van der Waals surface area contributed by atoms with Gasteiger partial charge >= 0.3 is 5.97 Å². The van der Waals surface area contributed by atoms with E-state index in [1.165, 1.54) is 0 Å². The predicted octanol–water partition coefficient (Wildman–Crippen LogP) is 4.07. The van der Waals surface area contributed by atoms with Gasteiger partial charge in [0.2, 0.25) is 5.89 Å². The summed E-state index contributed by atoms with van der Waals surface area (Å²) >= 11 is 0. The van der Waals surface area contributed by atoms with E-state index in [2.05, 4.69) is 36.3 Å². The van der Waals surface area contributed by atoms with Crippen LogP contribution in [0.3, 0.4) is 0 Å². The van der Waals surface area contributed by atoms with E-state index < -0.39 is 12.1 Å². The van der Waals surface area contributed by atoms with Gasteiger partial charge in [-0.05, 0) is 42.2 Å². The molecule has 0 bridgehead atoms. The summed E-state index contributed by atoms with van der Waals surface area (Å²) in [4.78, 5) is 24.4. The van der Waals surface area contributed by atoms with E-state index in [1.54, 1.807) is 19.1 Å². The van der Waals surface area contributed by atoms with Crippen LogP contribution in [0.1, 0.15) is 55.6 Å². The van der Waals surface area contributed by atoms with E-state index in [9.17, 15) is 9.59 Å². The lowest BCUT2D eigenvalue weighted by atomic mass is 9.87. The van der Waals surface area contributed by atoms with Crippen LogP contribution in [0.15, 0.2) is 59.0 Å². The molecule has 2 aromatic carbocycles. The summed E-state index contributed by atoms with van der Waals surface area (Å²) in [5, 5.41) is 10.5. The van der Waals surface area contributed by atoms with E-state index in [1.807, 2.05) is 42.5 Å². The summed E-state index contributed by atoms with van der Waals surface area (Å²) in [5.41, 5.74) is 2.39. The molecule has 3 aromatic rings. The van der Waals surface area contributed by atoms with E-state index in [4.69, 9.17) is 9.15 Å². The molecule has 0 unspecified atom stereocenters. The molecule has 156 valence electrons. The van der Waals surface area contributed by atoms with Crippen LogP contribution in [0.4, 0.5) is 0 Å². The number of nitrogens with one attached hydrogen (secondary N) is 1. The quantitative estimate of drug-likeness (QED) is 0.619. The molecule has 1 atom stereocenters. The Balaban J connectivity index is 1.52. The topological polar surface area (TPSA) is 94.3 Å². The Morgan fingerprint density at radius 3 is 2.33 bits per heavy atom. The molecular formula is C23H25N3O4. The van der Waals surface area contributed by atoms with Crippen molar-refractivity contribution >= 4 is 11.9 Å². The van der Waals surface area contributed by atoms with Crippen molar-refractivity contribution in [3.05, 3.63) is 71.6 Å². The van der Waals surface area contributed by atoms with E-state index >= 15 is 0 Å². The number of carbonyl (C=O) groups is 2. The Morgan fingerprint density at radius 2 is 1.70 bits per heavy atom. The number of hydrogen-bond acceptors (Lipinski definition) is 6. The molecule has 0 aliphatic rings. The van der Waals surface area contributed by atoms with Gasteiger partial charge in [-0.1, -0.05) is 51.1 Å². The van der Waals surface area contributed by atoms with Crippen molar-refractivity contribution in [2.24, 2.45) is 0 Å². The second-order valence-corrected chi connectivity index (χ2v) is 7.95. The zero-order valence-electron chi connectivity index (χ0n) is 17.5. The van der Waals surface area contributed by atoms with Crippen LogP contribution in [-0.4, -0.2) is 28.6 Å². The van der Waals surface area contributed by atoms with Crippen LogP contribution in [0, 0.1) is 0 Å². The minimum Gasteiger partial charge on any atom is -0.451 e. The van der Waals surface area contributed by atoms with Gasteiger partial charge in [-0.25, -0.2) is 0 Å². The maximum absolute atomic E-state index is 12.3. The summed E-state index contributed by atoms with van der Waals surface area (Å²) in [5.74, 6) is -0.405. The van der Waals surface area contributed by atoms with Gasteiger partial charge in [-0.3, -0.25) is 9.59 Å². The highest BCUT2D eigenvalue weighted by atomic mass is 16.6. The van der Waals surface area contributed by atoms with Gasteiger partial charge in [0, 0.05) is 11.1 Å². The number of nitrogens with zero attached hydrogens (tertiary/aromatic N) is 2.